The Kier molecular flexibility index (Phi) is 4.86. The van der Waals surface area contributed by atoms with Gasteiger partial charge in [-0.3, -0.25) is 5.10 Å². The first kappa shape index (κ1) is 16.3. The van der Waals surface area contributed by atoms with Gasteiger partial charge in [0.05, 0.1) is 6.20 Å². The van der Waals surface area contributed by atoms with Gasteiger partial charge in [-0.25, -0.2) is 0 Å². The maximum atomic E-state index is 4.33. The second kappa shape index (κ2) is 6.88. The highest BCUT2D eigenvalue weighted by molar-refractivity contribution is 5.29. The summed E-state index contributed by atoms with van der Waals surface area (Å²) in [5.74, 6) is 0.632. The maximum absolute atomic E-state index is 4.33. The molecule has 3 heteroatoms. The molecular formula is C20H29N3. The molecule has 0 spiro atoms. The van der Waals surface area contributed by atoms with Crippen LogP contribution in [0.2, 0.25) is 0 Å². The summed E-state index contributed by atoms with van der Waals surface area (Å²) in [4.78, 5) is 2.61. The largest absolute Gasteiger partial charge is 0.303 e. The first-order valence-electron chi connectivity index (χ1n) is 8.80. The second-order valence-electron chi connectivity index (χ2n) is 8.08. The molecule has 0 saturated carbocycles. The summed E-state index contributed by atoms with van der Waals surface area (Å²) in [7, 11) is 0. The van der Waals surface area contributed by atoms with Crippen LogP contribution in [0, 0.1) is 5.41 Å². The number of likely N-dealkylation sites (tertiary alicyclic amines) is 1. The molecule has 2 heterocycles. The minimum Gasteiger partial charge on any atom is -0.303 e. The Morgan fingerprint density at radius 2 is 1.83 bits per heavy atom. The van der Waals surface area contributed by atoms with E-state index in [1.807, 2.05) is 6.20 Å². The molecule has 0 unspecified atom stereocenters. The molecule has 3 rings (SSSR count). The standard InChI is InChI=1S/C20H29N3/c1-20(2,3)15-23-11-9-17(10-12-23)19-18(14-21-22-19)13-16-7-5-4-6-8-16/h4-8,14,17H,9-13,15H2,1-3H3,(H,21,22). The molecule has 1 fully saturated rings. The van der Waals surface area contributed by atoms with Gasteiger partial charge in [0.2, 0.25) is 0 Å². The summed E-state index contributed by atoms with van der Waals surface area (Å²) < 4.78 is 0. The van der Waals surface area contributed by atoms with Crippen LogP contribution >= 0.6 is 0 Å². The molecule has 23 heavy (non-hydrogen) atoms. The van der Waals surface area contributed by atoms with Crippen molar-refractivity contribution in [1.29, 1.82) is 0 Å². The number of hydrogen-bond acceptors (Lipinski definition) is 2. The van der Waals surface area contributed by atoms with E-state index >= 15 is 0 Å². The average Bonchev–Trinajstić information content (AvgIpc) is 2.96. The number of nitrogens with one attached hydrogen (secondary N) is 1. The number of nitrogens with zero attached hydrogens (tertiary/aromatic N) is 2. The Hall–Kier alpha value is -1.61. The van der Waals surface area contributed by atoms with E-state index in [1.54, 1.807) is 0 Å². The van der Waals surface area contributed by atoms with E-state index in [0.29, 0.717) is 11.3 Å². The van der Waals surface area contributed by atoms with Crippen molar-refractivity contribution in [3.05, 3.63) is 53.3 Å². The molecule has 1 N–H and O–H groups in total. The van der Waals surface area contributed by atoms with Crippen molar-refractivity contribution in [2.75, 3.05) is 19.6 Å². The van der Waals surface area contributed by atoms with Gasteiger partial charge in [-0.05, 0) is 42.5 Å². The molecule has 0 amide bonds. The fourth-order valence-electron chi connectivity index (χ4n) is 3.68. The summed E-state index contributed by atoms with van der Waals surface area (Å²) >= 11 is 0. The molecule has 0 atom stereocenters. The molecule has 1 saturated heterocycles. The van der Waals surface area contributed by atoms with Gasteiger partial charge in [0.25, 0.3) is 0 Å². The van der Waals surface area contributed by atoms with Crippen molar-refractivity contribution < 1.29 is 0 Å². The van der Waals surface area contributed by atoms with Crippen LogP contribution in [0.15, 0.2) is 36.5 Å². The lowest BCUT2D eigenvalue weighted by atomic mass is 9.88. The van der Waals surface area contributed by atoms with Crippen molar-refractivity contribution >= 4 is 0 Å². The third-order valence-corrected chi connectivity index (χ3v) is 4.68. The average molecular weight is 311 g/mol. The number of aromatic nitrogens is 2. The van der Waals surface area contributed by atoms with Crippen molar-refractivity contribution in [1.82, 2.24) is 15.1 Å². The smallest absolute Gasteiger partial charge is 0.0525 e. The lowest BCUT2D eigenvalue weighted by Gasteiger charge is -2.35. The lowest BCUT2D eigenvalue weighted by Crippen LogP contribution is -2.38. The van der Waals surface area contributed by atoms with Crippen LogP contribution in [-0.2, 0) is 6.42 Å². The topological polar surface area (TPSA) is 31.9 Å². The first-order chi connectivity index (χ1) is 11.0. The van der Waals surface area contributed by atoms with Gasteiger partial charge in [-0.1, -0.05) is 51.1 Å². The van der Waals surface area contributed by atoms with Crippen molar-refractivity contribution in [2.24, 2.45) is 5.41 Å². The summed E-state index contributed by atoms with van der Waals surface area (Å²) in [5.41, 5.74) is 4.48. The molecule has 0 bridgehead atoms. The Balaban J connectivity index is 1.62. The van der Waals surface area contributed by atoms with Gasteiger partial charge in [0.15, 0.2) is 0 Å². The van der Waals surface area contributed by atoms with E-state index in [0.717, 1.165) is 6.42 Å². The van der Waals surface area contributed by atoms with E-state index in [2.05, 4.69) is 66.2 Å². The predicted octanol–water partition coefficient (Wildman–Crippen LogP) is 4.23. The number of benzene rings is 1. The van der Waals surface area contributed by atoms with Crippen LogP contribution in [0.5, 0.6) is 0 Å². The van der Waals surface area contributed by atoms with E-state index < -0.39 is 0 Å². The zero-order valence-electron chi connectivity index (χ0n) is 14.7. The Bertz CT molecular complexity index is 601. The number of aromatic amines is 1. The van der Waals surface area contributed by atoms with Crippen LogP contribution < -0.4 is 0 Å². The van der Waals surface area contributed by atoms with Gasteiger partial charge < -0.3 is 4.90 Å². The third kappa shape index (κ3) is 4.44. The monoisotopic (exact) mass is 311 g/mol. The zero-order valence-corrected chi connectivity index (χ0v) is 14.7. The number of hydrogen-bond donors (Lipinski definition) is 1. The number of piperidine rings is 1. The van der Waals surface area contributed by atoms with Gasteiger partial charge in [0, 0.05) is 24.6 Å². The van der Waals surface area contributed by atoms with Gasteiger partial charge >= 0.3 is 0 Å². The molecule has 1 aliphatic rings. The van der Waals surface area contributed by atoms with Gasteiger partial charge in [-0.2, -0.15) is 5.10 Å². The zero-order chi connectivity index (χ0) is 16.3. The molecule has 1 aliphatic heterocycles. The quantitative estimate of drug-likeness (QED) is 0.916. The number of rotatable bonds is 4. The minimum atomic E-state index is 0.388. The number of H-pyrrole nitrogens is 1. The molecule has 3 nitrogen and oxygen atoms in total. The summed E-state index contributed by atoms with van der Waals surface area (Å²) in [6.45, 7) is 10.6. The van der Waals surface area contributed by atoms with Gasteiger partial charge in [-0.15, -0.1) is 0 Å². The Morgan fingerprint density at radius 3 is 2.48 bits per heavy atom. The normalized spacial score (nSPS) is 17.5. The van der Waals surface area contributed by atoms with E-state index in [1.165, 1.54) is 49.3 Å². The van der Waals surface area contributed by atoms with Crippen LogP contribution in [0.4, 0.5) is 0 Å². The maximum Gasteiger partial charge on any atom is 0.0525 e. The molecular weight excluding hydrogens is 282 g/mol. The highest BCUT2D eigenvalue weighted by Crippen LogP contribution is 2.31. The molecule has 0 radical (unpaired) electrons. The van der Waals surface area contributed by atoms with Crippen LogP contribution in [0.1, 0.15) is 56.4 Å². The Labute approximate surface area is 140 Å². The van der Waals surface area contributed by atoms with E-state index in [4.69, 9.17) is 0 Å². The van der Waals surface area contributed by atoms with Crippen molar-refractivity contribution in [3.63, 3.8) is 0 Å². The molecule has 124 valence electrons. The van der Waals surface area contributed by atoms with E-state index in [-0.39, 0.29) is 0 Å². The van der Waals surface area contributed by atoms with Crippen LogP contribution in [0.25, 0.3) is 0 Å². The fraction of sp³-hybridized carbons (Fsp3) is 0.550. The summed E-state index contributed by atoms with van der Waals surface area (Å²) in [5, 5.41) is 7.62. The SMILES string of the molecule is CC(C)(C)CN1CCC(c2[nH]ncc2Cc2ccccc2)CC1. The van der Waals surface area contributed by atoms with E-state index in [9.17, 15) is 0 Å². The van der Waals surface area contributed by atoms with Crippen LogP contribution in [0.3, 0.4) is 0 Å². The first-order valence-corrected chi connectivity index (χ1v) is 8.80. The Morgan fingerprint density at radius 1 is 1.13 bits per heavy atom. The predicted molar refractivity (Wildman–Crippen MR) is 95.7 cm³/mol. The molecule has 0 aliphatic carbocycles. The minimum absolute atomic E-state index is 0.388. The van der Waals surface area contributed by atoms with Crippen LogP contribution in [-0.4, -0.2) is 34.7 Å². The van der Waals surface area contributed by atoms with Crippen molar-refractivity contribution in [2.45, 2.75) is 46.0 Å². The second-order valence-corrected chi connectivity index (χ2v) is 8.08. The molecule has 1 aromatic carbocycles. The van der Waals surface area contributed by atoms with Crippen molar-refractivity contribution in [3.8, 4) is 0 Å². The molecule has 1 aromatic heterocycles. The fourth-order valence-corrected chi connectivity index (χ4v) is 3.68. The molecule has 2 aromatic rings. The lowest BCUT2D eigenvalue weighted by molar-refractivity contribution is 0.153. The highest BCUT2D eigenvalue weighted by atomic mass is 15.1. The highest BCUT2D eigenvalue weighted by Gasteiger charge is 2.26. The van der Waals surface area contributed by atoms with Gasteiger partial charge in [0.1, 0.15) is 0 Å². The third-order valence-electron chi connectivity index (χ3n) is 4.68. The summed E-state index contributed by atoms with van der Waals surface area (Å²) in [6.07, 6.45) is 5.47. The summed E-state index contributed by atoms with van der Waals surface area (Å²) in [6, 6.07) is 10.7.